The second-order valence-corrected chi connectivity index (χ2v) is 15.8. The standard InChI is InChI=1S/C59H37N5/c60-38-39-33-52(43-16-24-45(25-17-43)55-15-7-13-46-14-8-32-61-56(46)55)37-53(34-39)51-31-23-44-22-30-50(35-54(44)36-51)42-20-28-49(29-21-42)59-63-57(47-11-5-2-6-12-47)62-58(64-59)48-26-18-41(19-27-48)40-9-3-1-4-10-40/h1-37H. The minimum atomic E-state index is 0.614. The molecule has 0 fully saturated rings. The normalized spacial score (nSPS) is 11.1. The quantitative estimate of drug-likeness (QED) is 0.153. The highest BCUT2D eigenvalue weighted by Gasteiger charge is 2.14. The molecule has 0 aliphatic carbocycles. The van der Waals surface area contributed by atoms with E-state index in [4.69, 9.17) is 15.0 Å². The van der Waals surface area contributed by atoms with Crippen molar-refractivity contribution in [3.8, 4) is 95.9 Å². The van der Waals surface area contributed by atoms with Crippen molar-refractivity contribution in [1.29, 1.82) is 5.26 Å². The van der Waals surface area contributed by atoms with Crippen molar-refractivity contribution in [2.45, 2.75) is 0 Å². The molecule has 0 saturated heterocycles. The van der Waals surface area contributed by atoms with Crippen LogP contribution in [0.5, 0.6) is 0 Å². The van der Waals surface area contributed by atoms with Gasteiger partial charge in [-0.25, -0.2) is 15.0 Å². The molecule has 0 atom stereocenters. The predicted octanol–water partition coefficient (Wildman–Crippen LogP) is 14.8. The van der Waals surface area contributed by atoms with Crippen LogP contribution in [0.1, 0.15) is 5.56 Å². The summed E-state index contributed by atoms with van der Waals surface area (Å²) in [6.07, 6.45) is 1.84. The molecule has 0 N–H and O–H groups in total. The van der Waals surface area contributed by atoms with Crippen LogP contribution in [-0.4, -0.2) is 19.9 Å². The van der Waals surface area contributed by atoms with Crippen molar-refractivity contribution in [2.24, 2.45) is 0 Å². The third-order valence-corrected chi connectivity index (χ3v) is 11.8. The van der Waals surface area contributed by atoms with Crippen LogP contribution in [-0.2, 0) is 0 Å². The highest BCUT2D eigenvalue weighted by Crippen LogP contribution is 2.35. The molecule has 5 nitrogen and oxygen atoms in total. The fourth-order valence-corrected chi connectivity index (χ4v) is 8.42. The Morgan fingerprint density at radius 1 is 0.297 bits per heavy atom. The summed E-state index contributed by atoms with van der Waals surface area (Å²) in [5, 5.41) is 13.5. The molecule has 11 aromatic rings. The Labute approximate surface area is 371 Å². The van der Waals surface area contributed by atoms with Gasteiger partial charge >= 0.3 is 0 Å². The van der Waals surface area contributed by atoms with Gasteiger partial charge in [-0.05, 0) is 97.2 Å². The molecule has 0 spiro atoms. The minimum Gasteiger partial charge on any atom is -0.256 e. The summed E-state index contributed by atoms with van der Waals surface area (Å²) in [6, 6.07) is 77.6. The van der Waals surface area contributed by atoms with Crippen LogP contribution in [0, 0.1) is 11.3 Å². The summed E-state index contributed by atoms with van der Waals surface area (Å²) in [7, 11) is 0. The van der Waals surface area contributed by atoms with Gasteiger partial charge in [0.15, 0.2) is 17.5 Å². The fourth-order valence-electron chi connectivity index (χ4n) is 8.42. The first-order valence-corrected chi connectivity index (χ1v) is 21.2. The van der Waals surface area contributed by atoms with E-state index in [0.717, 1.165) is 94.0 Å². The van der Waals surface area contributed by atoms with Gasteiger partial charge in [0.25, 0.3) is 0 Å². The van der Waals surface area contributed by atoms with Gasteiger partial charge in [-0.1, -0.05) is 182 Å². The van der Waals surface area contributed by atoms with E-state index in [1.807, 2.05) is 60.8 Å². The van der Waals surface area contributed by atoms with E-state index in [1.54, 1.807) is 0 Å². The maximum Gasteiger partial charge on any atom is 0.164 e. The van der Waals surface area contributed by atoms with Crippen molar-refractivity contribution in [1.82, 2.24) is 19.9 Å². The minimum absolute atomic E-state index is 0.614. The van der Waals surface area contributed by atoms with E-state index in [1.165, 1.54) is 0 Å². The predicted molar refractivity (Wildman–Crippen MR) is 261 cm³/mol. The number of aromatic nitrogens is 4. The third kappa shape index (κ3) is 7.57. The Morgan fingerprint density at radius 3 is 1.33 bits per heavy atom. The summed E-state index contributed by atoms with van der Waals surface area (Å²) >= 11 is 0. The number of nitrogens with zero attached hydrogens (tertiary/aromatic N) is 5. The summed E-state index contributed by atoms with van der Waals surface area (Å²) in [4.78, 5) is 19.6. The van der Waals surface area contributed by atoms with Gasteiger partial charge in [-0.2, -0.15) is 5.26 Å². The largest absolute Gasteiger partial charge is 0.256 e. The molecule has 0 radical (unpaired) electrons. The lowest BCUT2D eigenvalue weighted by Crippen LogP contribution is -2.00. The lowest BCUT2D eigenvalue weighted by atomic mass is 9.93. The van der Waals surface area contributed by atoms with Crippen molar-refractivity contribution >= 4 is 21.7 Å². The van der Waals surface area contributed by atoms with Gasteiger partial charge in [0.05, 0.1) is 17.1 Å². The molecule has 64 heavy (non-hydrogen) atoms. The average Bonchev–Trinajstić information content (AvgIpc) is 3.38. The first-order chi connectivity index (χ1) is 31.6. The average molecular weight is 816 g/mol. The number of benzene rings is 9. The van der Waals surface area contributed by atoms with Crippen molar-refractivity contribution in [2.75, 3.05) is 0 Å². The van der Waals surface area contributed by atoms with Gasteiger partial charge in [-0.15, -0.1) is 0 Å². The van der Waals surface area contributed by atoms with E-state index in [2.05, 4.69) is 175 Å². The second-order valence-electron chi connectivity index (χ2n) is 15.8. The van der Waals surface area contributed by atoms with Gasteiger partial charge in [0.1, 0.15) is 0 Å². The number of rotatable bonds is 8. The molecule has 5 heteroatoms. The third-order valence-electron chi connectivity index (χ3n) is 11.8. The van der Waals surface area contributed by atoms with E-state index < -0.39 is 0 Å². The van der Waals surface area contributed by atoms with Gasteiger partial charge in [0.2, 0.25) is 0 Å². The Hall–Kier alpha value is -8.85. The Kier molecular flexibility index (Phi) is 9.85. The molecule has 0 bridgehead atoms. The number of para-hydroxylation sites is 1. The van der Waals surface area contributed by atoms with E-state index >= 15 is 0 Å². The molecule has 0 unspecified atom stereocenters. The van der Waals surface area contributed by atoms with Crippen LogP contribution in [0.4, 0.5) is 0 Å². The lowest BCUT2D eigenvalue weighted by Gasteiger charge is -2.11. The molecule has 0 aliphatic heterocycles. The van der Waals surface area contributed by atoms with Crippen molar-refractivity contribution < 1.29 is 0 Å². The Morgan fingerprint density at radius 2 is 0.734 bits per heavy atom. The molecule has 0 saturated carbocycles. The smallest absolute Gasteiger partial charge is 0.164 e. The van der Waals surface area contributed by atoms with E-state index in [9.17, 15) is 5.26 Å². The zero-order valence-electron chi connectivity index (χ0n) is 34.6. The molecular weight excluding hydrogens is 779 g/mol. The number of pyridine rings is 1. The second kappa shape index (κ2) is 16.5. The molecule has 298 valence electrons. The van der Waals surface area contributed by atoms with Gasteiger partial charge in [-0.3, -0.25) is 4.98 Å². The zero-order chi connectivity index (χ0) is 42.8. The Balaban J connectivity index is 0.889. The molecule has 9 aromatic carbocycles. The first-order valence-electron chi connectivity index (χ1n) is 21.2. The molecule has 2 aromatic heterocycles. The van der Waals surface area contributed by atoms with Crippen LogP contribution in [0.3, 0.4) is 0 Å². The highest BCUT2D eigenvalue weighted by molar-refractivity contribution is 5.94. The Bertz CT molecular complexity index is 3520. The summed E-state index contributed by atoms with van der Waals surface area (Å²) in [6.45, 7) is 0. The number of fused-ring (bicyclic) bond motifs is 2. The highest BCUT2D eigenvalue weighted by atomic mass is 15.0. The van der Waals surface area contributed by atoms with Crippen LogP contribution < -0.4 is 0 Å². The van der Waals surface area contributed by atoms with Crippen LogP contribution >= 0.6 is 0 Å². The molecule has 2 heterocycles. The van der Waals surface area contributed by atoms with Crippen molar-refractivity contribution in [3.05, 3.63) is 230 Å². The van der Waals surface area contributed by atoms with Crippen molar-refractivity contribution in [3.63, 3.8) is 0 Å². The molecular formula is C59H37N5. The summed E-state index contributed by atoms with van der Waals surface area (Å²) < 4.78 is 0. The number of nitriles is 1. The van der Waals surface area contributed by atoms with Crippen LogP contribution in [0.2, 0.25) is 0 Å². The zero-order valence-corrected chi connectivity index (χ0v) is 34.6. The SMILES string of the molecule is N#Cc1cc(-c2ccc(-c3cccc4cccnc34)cc2)cc(-c2ccc3ccc(-c4ccc(-c5nc(-c6ccccc6)nc(-c6ccc(-c7ccccc7)cc6)n5)cc4)cc3c2)c1. The maximum absolute atomic E-state index is 10.1. The van der Waals surface area contributed by atoms with E-state index in [0.29, 0.717) is 23.0 Å². The number of hydrogen-bond acceptors (Lipinski definition) is 5. The summed E-state index contributed by atoms with van der Waals surface area (Å²) in [5.41, 5.74) is 15.1. The topological polar surface area (TPSA) is 75.3 Å². The first kappa shape index (κ1) is 38.1. The molecule has 11 rings (SSSR count). The maximum atomic E-state index is 10.1. The van der Waals surface area contributed by atoms with E-state index in [-0.39, 0.29) is 0 Å². The lowest BCUT2D eigenvalue weighted by molar-refractivity contribution is 1.07. The van der Waals surface area contributed by atoms with Gasteiger partial charge < -0.3 is 0 Å². The monoisotopic (exact) mass is 815 g/mol. The molecule has 0 aliphatic rings. The van der Waals surface area contributed by atoms with Crippen LogP contribution in [0.25, 0.3) is 111 Å². The fraction of sp³-hybridized carbons (Fsp3) is 0. The van der Waals surface area contributed by atoms with Gasteiger partial charge in [0, 0.05) is 33.8 Å². The number of hydrogen-bond donors (Lipinski definition) is 0. The molecule has 0 amide bonds. The van der Waals surface area contributed by atoms with Crippen LogP contribution in [0.15, 0.2) is 225 Å². The summed E-state index contributed by atoms with van der Waals surface area (Å²) in [5.74, 6) is 1.86.